The fourth-order valence-corrected chi connectivity index (χ4v) is 3.37. The molecule has 4 nitrogen and oxygen atoms in total. The number of thioether (sulfide) groups is 1. The fraction of sp³-hybridized carbons (Fsp3) is 0.444. The molecule has 0 bridgehead atoms. The van der Waals surface area contributed by atoms with Gasteiger partial charge in [-0.05, 0) is 38.8 Å². The van der Waals surface area contributed by atoms with Crippen LogP contribution in [-0.2, 0) is 11.3 Å². The van der Waals surface area contributed by atoms with Gasteiger partial charge in [-0.1, -0.05) is 25.6 Å². The number of hydrogen-bond acceptors (Lipinski definition) is 3. The molecule has 0 aliphatic heterocycles. The molecule has 8 heteroatoms. The molecular weight excluding hydrogens is 363 g/mol. The van der Waals surface area contributed by atoms with Crippen LogP contribution in [0.15, 0.2) is 17.3 Å². The Hall–Kier alpha value is -1.96. The van der Waals surface area contributed by atoms with Gasteiger partial charge < -0.3 is 9.88 Å². The Morgan fingerprint density at radius 1 is 1.19 bits per heavy atom. The van der Waals surface area contributed by atoms with Gasteiger partial charge in [-0.25, -0.2) is 18.2 Å². The van der Waals surface area contributed by atoms with Gasteiger partial charge in [-0.15, -0.1) is 0 Å². The zero-order chi connectivity index (χ0) is 19.6. The predicted octanol–water partition coefficient (Wildman–Crippen LogP) is 4.69. The summed E-state index contributed by atoms with van der Waals surface area (Å²) in [7, 11) is 0. The van der Waals surface area contributed by atoms with Crippen LogP contribution < -0.4 is 5.32 Å². The van der Waals surface area contributed by atoms with E-state index >= 15 is 0 Å². The van der Waals surface area contributed by atoms with E-state index in [0.717, 1.165) is 30.1 Å². The molecule has 1 unspecified atom stereocenters. The third kappa shape index (κ3) is 4.41. The van der Waals surface area contributed by atoms with Gasteiger partial charge in [-0.3, -0.25) is 4.79 Å². The molecule has 1 amide bonds. The smallest absolute Gasteiger partial charge is 0.237 e. The van der Waals surface area contributed by atoms with Crippen molar-refractivity contribution in [2.45, 2.75) is 51.6 Å². The van der Waals surface area contributed by atoms with E-state index < -0.39 is 28.6 Å². The number of carbonyl (C=O) groups excluding carboxylic acids is 1. The number of hydrogen-bond donors (Lipinski definition) is 1. The van der Waals surface area contributed by atoms with Gasteiger partial charge >= 0.3 is 0 Å². The van der Waals surface area contributed by atoms with Crippen molar-refractivity contribution in [1.29, 1.82) is 0 Å². The van der Waals surface area contributed by atoms with Gasteiger partial charge in [0.25, 0.3) is 0 Å². The minimum absolute atomic E-state index is 0.390. The second kappa shape index (κ2) is 8.16. The number of carbonyl (C=O) groups is 1. The summed E-state index contributed by atoms with van der Waals surface area (Å²) in [5.41, 5.74) is 1.52. The van der Waals surface area contributed by atoms with E-state index in [4.69, 9.17) is 0 Å². The minimum Gasteiger partial charge on any atom is -0.323 e. The molecule has 1 N–H and O–H groups in total. The van der Waals surface area contributed by atoms with E-state index in [-0.39, 0.29) is 5.69 Å². The topological polar surface area (TPSA) is 46.9 Å². The Kier molecular flexibility index (Phi) is 6.39. The monoisotopic (exact) mass is 385 g/mol. The lowest BCUT2D eigenvalue weighted by molar-refractivity contribution is -0.115. The van der Waals surface area contributed by atoms with Crippen LogP contribution in [0.1, 0.15) is 32.2 Å². The fourth-order valence-electron chi connectivity index (χ4n) is 2.36. The maximum Gasteiger partial charge on any atom is 0.237 e. The highest BCUT2D eigenvalue weighted by molar-refractivity contribution is 8.00. The van der Waals surface area contributed by atoms with Crippen LogP contribution in [-0.4, -0.2) is 20.7 Å². The molecule has 1 aromatic heterocycles. The van der Waals surface area contributed by atoms with Crippen LogP contribution >= 0.6 is 11.8 Å². The quantitative estimate of drug-likeness (QED) is 0.580. The summed E-state index contributed by atoms with van der Waals surface area (Å²) in [5.74, 6) is -4.44. The van der Waals surface area contributed by atoms with E-state index in [1.54, 1.807) is 6.92 Å². The molecule has 0 saturated carbocycles. The Bertz CT molecular complexity index is 820. The number of amides is 1. The largest absolute Gasteiger partial charge is 0.323 e. The maximum absolute atomic E-state index is 13.7. The third-order valence-electron chi connectivity index (χ3n) is 3.91. The molecule has 0 fully saturated rings. The summed E-state index contributed by atoms with van der Waals surface area (Å²) in [6.07, 6.45) is 0. The summed E-state index contributed by atoms with van der Waals surface area (Å²) in [5, 5.41) is 2.40. The number of aryl methyl sites for hydroxylation is 1. The summed E-state index contributed by atoms with van der Waals surface area (Å²) < 4.78 is 42.1. The number of benzene rings is 1. The van der Waals surface area contributed by atoms with Gasteiger partial charge in [0.05, 0.1) is 16.6 Å². The molecular formula is C18H22F3N3OS. The molecule has 0 spiro atoms. The first-order chi connectivity index (χ1) is 12.1. The molecule has 0 aliphatic carbocycles. The summed E-state index contributed by atoms with van der Waals surface area (Å²) in [6.45, 7) is 10.5. The first kappa shape index (κ1) is 20.4. The Morgan fingerprint density at radius 2 is 1.85 bits per heavy atom. The van der Waals surface area contributed by atoms with Crippen molar-refractivity contribution in [2.24, 2.45) is 5.92 Å². The number of halogens is 3. The summed E-state index contributed by atoms with van der Waals surface area (Å²) in [6, 6.07) is 1.77. The highest BCUT2D eigenvalue weighted by Gasteiger charge is 2.22. The van der Waals surface area contributed by atoms with Crippen molar-refractivity contribution in [3.05, 3.63) is 41.0 Å². The van der Waals surface area contributed by atoms with Crippen LogP contribution in [0.2, 0.25) is 0 Å². The lowest BCUT2D eigenvalue weighted by Crippen LogP contribution is -2.24. The molecule has 2 aromatic rings. The van der Waals surface area contributed by atoms with E-state index in [1.807, 2.05) is 18.4 Å². The number of nitrogens with zero attached hydrogens (tertiary/aromatic N) is 2. The van der Waals surface area contributed by atoms with Gasteiger partial charge in [0.1, 0.15) is 0 Å². The highest BCUT2D eigenvalue weighted by Crippen LogP contribution is 2.27. The van der Waals surface area contributed by atoms with E-state index in [1.165, 1.54) is 11.8 Å². The third-order valence-corrected chi connectivity index (χ3v) is 5.01. The van der Waals surface area contributed by atoms with Crippen LogP contribution in [0.25, 0.3) is 0 Å². The molecule has 1 heterocycles. The number of aromatic nitrogens is 2. The SMILES string of the molecule is Cc1nc(SC(C)C(=O)Nc2ccc(F)c(F)c2F)n(CC(C)C)c1C. The summed E-state index contributed by atoms with van der Waals surface area (Å²) in [4.78, 5) is 16.8. The van der Waals surface area contributed by atoms with Crippen molar-refractivity contribution < 1.29 is 18.0 Å². The number of nitrogens with one attached hydrogen (secondary N) is 1. The second-order valence-electron chi connectivity index (χ2n) is 6.54. The van der Waals surface area contributed by atoms with E-state index in [2.05, 4.69) is 24.1 Å². The lowest BCUT2D eigenvalue weighted by Gasteiger charge is -2.15. The van der Waals surface area contributed by atoms with Gasteiger partial charge in [0.15, 0.2) is 22.6 Å². The molecule has 0 saturated heterocycles. The highest BCUT2D eigenvalue weighted by atomic mass is 32.2. The average Bonchev–Trinajstić information content (AvgIpc) is 2.82. The maximum atomic E-state index is 13.7. The van der Waals surface area contributed by atoms with Crippen molar-refractivity contribution in [1.82, 2.24) is 9.55 Å². The van der Waals surface area contributed by atoms with Crippen molar-refractivity contribution in [2.75, 3.05) is 5.32 Å². The zero-order valence-corrected chi connectivity index (χ0v) is 16.2. The van der Waals surface area contributed by atoms with Crippen molar-refractivity contribution in [3.63, 3.8) is 0 Å². The molecule has 2 rings (SSSR count). The molecule has 26 heavy (non-hydrogen) atoms. The lowest BCUT2D eigenvalue weighted by atomic mass is 10.2. The Labute approximate surface area is 155 Å². The second-order valence-corrected chi connectivity index (χ2v) is 7.85. The predicted molar refractivity (Wildman–Crippen MR) is 96.8 cm³/mol. The van der Waals surface area contributed by atoms with Crippen LogP contribution in [0.4, 0.5) is 18.9 Å². The van der Waals surface area contributed by atoms with Crippen molar-refractivity contribution >= 4 is 23.4 Å². The Balaban J connectivity index is 2.15. The van der Waals surface area contributed by atoms with E-state index in [0.29, 0.717) is 11.1 Å². The minimum atomic E-state index is -1.61. The van der Waals surface area contributed by atoms with Crippen LogP contribution in [0.3, 0.4) is 0 Å². The molecule has 142 valence electrons. The van der Waals surface area contributed by atoms with Crippen molar-refractivity contribution in [3.8, 4) is 0 Å². The zero-order valence-electron chi connectivity index (χ0n) is 15.4. The normalized spacial score (nSPS) is 12.5. The number of anilines is 1. The van der Waals surface area contributed by atoms with Crippen LogP contribution in [0.5, 0.6) is 0 Å². The summed E-state index contributed by atoms with van der Waals surface area (Å²) >= 11 is 1.24. The van der Waals surface area contributed by atoms with Crippen LogP contribution in [0, 0.1) is 37.2 Å². The standard InChI is InChI=1S/C18H22F3N3OS/c1-9(2)8-24-11(4)10(3)22-18(24)26-12(5)17(25)23-14-7-6-13(19)15(20)16(14)21/h6-7,9,12H,8H2,1-5H3,(H,23,25). The average molecular weight is 385 g/mol. The van der Waals surface area contributed by atoms with Gasteiger partial charge in [0.2, 0.25) is 5.91 Å². The Morgan fingerprint density at radius 3 is 2.46 bits per heavy atom. The van der Waals surface area contributed by atoms with Gasteiger partial charge in [0, 0.05) is 12.2 Å². The van der Waals surface area contributed by atoms with E-state index in [9.17, 15) is 18.0 Å². The molecule has 1 aromatic carbocycles. The first-order valence-electron chi connectivity index (χ1n) is 8.26. The molecule has 0 radical (unpaired) electrons. The molecule has 1 atom stereocenters. The van der Waals surface area contributed by atoms with Gasteiger partial charge in [-0.2, -0.15) is 0 Å². The first-order valence-corrected chi connectivity index (χ1v) is 9.14. The number of rotatable bonds is 6. The molecule has 0 aliphatic rings. The number of imidazole rings is 1.